The number of oxime groups is 1. The van der Waals surface area contributed by atoms with Crippen LogP contribution in [0, 0.1) is 23.7 Å². The average molecular weight is 856 g/mol. The highest BCUT2D eigenvalue weighted by molar-refractivity contribution is 6.00. The van der Waals surface area contributed by atoms with Crippen molar-refractivity contribution in [1.82, 2.24) is 29.9 Å². The minimum atomic E-state index is -1.39. The number of ether oxygens (including phenoxy) is 5. The molecule has 3 aliphatic heterocycles. The molecule has 2 N–H and O–H groups in total. The number of rotatable bonds is 12. The molecule has 0 unspecified atom stereocenters. The lowest BCUT2D eigenvalue weighted by molar-refractivity contribution is -0.295. The number of hydrazine groups is 1. The maximum atomic E-state index is 14.5. The van der Waals surface area contributed by atoms with Gasteiger partial charge in [-0.1, -0.05) is 32.9 Å². The lowest BCUT2D eigenvalue weighted by atomic mass is 9.73. The molecular formula is C44H69N7O10. The third-order valence-electron chi connectivity index (χ3n) is 13.2. The van der Waals surface area contributed by atoms with E-state index < -0.39 is 77.4 Å². The lowest BCUT2D eigenvalue weighted by Crippen LogP contribution is -2.61. The summed E-state index contributed by atoms with van der Waals surface area (Å²) in [4.78, 5) is 58.8. The van der Waals surface area contributed by atoms with Crippen LogP contribution in [0.3, 0.4) is 0 Å². The fourth-order valence-electron chi connectivity index (χ4n) is 9.61. The number of carbonyl (C=O) groups excluding carboxylic acids is 3. The van der Waals surface area contributed by atoms with Crippen LogP contribution < -0.4 is 5.43 Å². The molecule has 1 amide bonds. The predicted octanol–water partition coefficient (Wildman–Crippen LogP) is 5.04. The second-order valence-electron chi connectivity index (χ2n) is 17.8. The number of pyridine rings is 1. The summed E-state index contributed by atoms with van der Waals surface area (Å²) < 4.78 is 33.7. The molecule has 5 heterocycles. The van der Waals surface area contributed by atoms with Gasteiger partial charge in [0, 0.05) is 67.6 Å². The number of hydrogen-bond donors (Lipinski definition) is 2. The Balaban J connectivity index is 1.50. The second kappa shape index (κ2) is 20.0. The number of nitrogens with one attached hydrogen (secondary N) is 1. The number of amides is 1. The number of carbonyl (C=O) groups is 3. The number of aliphatic hydroxyl groups excluding tert-OH is 1. The topological polar surface area (TPSA) is 188 Å². The van der Waals surface area contributed by atoms with Crippen LogP contribution in [0.1, 0.15) is 94.0 Å². The summed E-state index contributed by atoms with van der Waals surface area (Å²) in [7, 11) is 6.78. The molecule has 0 aromatic carbocycles. The van der Waals surface area contributed by atoms with Gasteiger partial charge < -0.3 is 43.1 Å². The Kier molecular flexibility index (Phi) is 15.8. The fraction of sp³-hybridized carbons (Fsp3) is 0.727. The van der Waals surface area contributed by atoms with E-state index in [2.05, 4.69) is 27.5 Å². The number of fused-ring (bicyclic) bond motifs is 1. The molecule has 2 aromatic heterocycles. The van der Waals surface area contributed by atoms with Crippen molar-refractivity contribution in [3.8, 4) is 11.3 Å². The van der Waals surface area contributed by atoms with Crippen molar-refractivity contribution in [2.24, 2.45) is 28.8 Å². The van der Waals surface area contributed by atoms with Gasteiger partial charge in [0.05, 0.1) is 35.5 Å². The monoisotopic (exact) mass is 856 g/mol. The molecule has 3 aliphatic rings. The van der Waals surface area contributed by atoms with Gasteiger partial charge in [0.25, 0.3) is 0 Å². The predicted molar refractivity (Wildman–Crippen MR) is 227 cm³/mol. The van der Waals surface area contributed by atoms with E-state index in [0.29, 0.717) is 25.1 Å². The first-order valence-electron chi connectivity index (χ1n) is 21.6. The second-order valence-corrected chi connectivity index (χ2v) is 17.8. The van der Waals surface area contributed by atoms with Gasteiger partial charge in [0.15, 0.2) is 17.7 Å². The number of likely N-dealkylation sites (N-methyl/N-ethyl adjacent to an activating group) is 1. The van der Waals surface area contributed by atoms with E-state index >= 15 is 0 Å². The highest BCUT2D eigenvalue weighted by Gasteiger charge is 2.60. The van der Waals surface area contributed by atoms with Crippen LogP contribution in [0.15, 0.2) is 42.2 Å². The molecule has 2 aromatic rings. The fourth-order valence-corrected chi connectivity index (χ4v) is 9.61. The Labute approximate surface area is 360 Å². The zero-order chi connectivity index (χ0) is 45.0. The number of cyclic esters (lactones) is 1. The largest absolute Gasteiger partial charge is 0.458 e. The summed E-state index contributed by atoms with van der Waals surface area (Å²) in [6.07, 6.45) is 4.01. The number of aliphatic hydroxyl groups is 1. The molecule has 3 saturated heterocycles. The summed E-state index contributed by atoms with van der Waals surface area (Å²) in [5.41, 5.74) is 3.06. The molecule has 0 saturated carbocycles. The lowest BCUT2D eigenvalue weighted by Gasteiger charge is -2.47. The smallest absolute Gasteiger partial charge is 0.425 e. The van der Waals surface area contributed by atoms with Crippen molar-refractivity contribution in [1.29, 1.82) is 0 Å². The van der Waals surface area contributed by atoms with Crippen LogP contribution >= 0.6 is 0 Å². The molecule has 0 spiro atoms. The molecule has 0 aliphatic carbocycles. The summed E-state index contributed by atoms with van der Waals surface area (Å²) >= 11 is 0. The van der Waals surface area contributed by atoms with Gasteiger partial charge in [0.2, 0.25) is 0 Å². The SMILES string of the molecule is CC[C@H]1OC(=O)[C@H](C)C(=O)[C@H](C)[C@@H](O[C@@H]2O[C@H](C)C[C@H](N(C)C)[C@H]2O)[C@](C)(OC)C[C@@H](C)/C(=N\OC)[C@H](C)[C@@H]2N(NCC[C@@H](C)n3cnc(-c4cccnc4)c3)C(=O)O[C@@]21C. The molecule has 61 heavy (non-hydrogen) atoms. The van der Waals surface area contributed by atoms with Crippen molar-refractivity contribution in [2.75, 3.05) is 34.9 Å². The van der Waals surface area contributed by atoms with Crippen LogP contribution in [0.2, 0.25) is 0 Å². The Morgan fingerprint density at radius 3 is 2.46 bits per heavy atom. The van der Waals surface area contributed by atoms with Crippen LogP contribution in [0.25, 0.3) is 11.3 Å². The van der Waals surface area contributed by atoms with E-state index in [-0.39, 0.29) is 36.9 Å². The Hall–Kier alpha value is -4.00. The number of hydrogen-bond acceptors (Lipinski definition) is 15. The zero-order valence-corrected chi connectivity index (χ0v) is 38.2. The summed E-state index contributed by atoms with van der Waals surface area (Å²) in [5, 5.41) is 17.6. The Morgan fingerprint density at radius 2 is 1.84 bits per heavy atom. The molecule has 5 rings (SSSR count). The van der Waals surface area contributed by atoms with Gasteiger partial charge in [0.1, 0.15) is 31.3 Å². The number of methoxy groups -OCH3 is 1. The van der Waals surface area contributed by atoms with Crippen molar-refractivity contribution in [3.05, 3.63) is 37.1 Å². The number of nitrogens with zero attached hydrogens (tertiary/aromatic N) is 6. The normalized spacial score (nSPS) is 36.6. The van der Waals surface area contributed by atoms with Crippen LogP contribution in [0.5, 0.6) is 0 Å². The van der Waals surface area contributed by atoms with Crippen molar-refractivity contribution in [3.63, 3.8) is 0 Å². The van der Waals surface area contributed by atoms with Crippen LogP contribution in [-0.2, 0) is 38.1 Å². The number of Topliss-reactive ketones (excluding diaryl/α,β-unsaturated/α-hetero) is 1. The molecular weight excluding hydrogens is 787 g/mol. The molecule has 340 valence electrons. The molecule has 0 radical (unpaired) electrons. The van der Waals surface area contributed by atoms with E-state index in [9.17, 15) is 19.5 Å². The van der Waals surface area contributed by atoms with Gasteiger partial charge in [-0.2, -0.15) is 0 Å². The van der Waals surface area contributed by atoms with Gasteiger partial charge in [-0.25, -0.2) is 20.2 Å². The number of imidazole rings is 1. The molecule has 0 bridgehead atoms. The Bertz CT molecular complexity index is 1830. The molecule has 3 fully saturated rings. The van der Waals surface area contributed by atoms with E-state index in [0.717, 1.165) is 11.3 Å². The highest BCUT2D eigenvalue weighted by Crippen LogP contribution is 2.43. The summed E-state index contributed by atoms with van der Waals surface area (Å²) in [6, 6.07) is 2.80. The maximum absolute atomic E-state index is 14.5. The molecule has 17 heteroatoms. The molecule has 14 atom stereocenters. The van der Waals surface area contributed by atoms with E-state index in [1.54, 1.807) is 39.7 Å². The number of ketones is 1. The standard InChI is InChI=1S/C44H69N7O10/c1-14-34-44(9)38(51(42(55)61-44)47-19-17-26(3)50-23-32(46-24-50)31-16-15-18-45-22-31)28(5)35(48-57-13)25(2)21-43(8,56-12)39(29(6)36(52)30(7)40(54)59-34)60-41-37(53)33(49(10)11)20-27(4)58-41/h15-16,18,22-30,33-34,37-39,41,47,53H,14,17,19-21H2,1-13H3/b48-35+/t25-,26-,27-,28+,29+,30-,33+,34-,37-,38+,39-,41+,43-,44-/m1/s1. The summed E-state index contributed by atoms with van der Waals surface area (Å²) in [5.74, 6) is -4.27. The van der Waals surface area contributed by atoms with Crippen molar-refractivity contribution in [2.45, 2.75) is 148 Å². The third kappa shape index (κ3) is 10.1. The van der Waals surface area contributed by atoms with Gasteiger partial charge in [-0.15, -0.1) is 0 Å². The van der Waals surface area contributed by atoms with E-state index in [1.807, 2.05) is 76.5 Å². The maximum Gasteiger partial charge on any atom is 0.425 e. The Morgan fingerprint density at radius 1 is 1.11 bits per heavy atom. The van der Waals surface area contributed by atoms with Crippen molar-refractivity contribution >= 4 is 23.6 Å². The van der Waals surface area contributed by atoms with Gasteiger partial charge in [-0.05, 0) is 86.5 Å². The van der Waals surface area contributed by atoms with Crippen LogP contribution in [0.4, 0.5) is 4.79 Å². The first kappa shape index (κ1) is 48.0. The minimum absolute atomic E-state index is 0.00670. The third-order valence-corrected chi connectivity index (χ3v) is 13.2. The highest BCUT2D eigenvalue weighted by atomic mass is 16.7. The quantitative estimate of drug-likeness (QED) is 0.164. The molecule has 17 nitrogen and oxygen atoms in total. The first-order valence-corrected chi connectivity index (χ1v) is 21.6. The number of aromatic nitrogens is 3. The van der Waals surface area contributed by atoms with Gasteiger partial charge >= 0.3 is 12.1 Å². The van der Waals surface area contributed by atoms with Crippen LogP contribution in [-0.4, -0.2) is 142 Å². The average Bonchev–Trinajstić information content (AvgIpc) is 3.83. The van der Waals surface area contributed by atoms with E-state index in [1.165, 1.54) is 19.0 Å². The minimum Gasteiger partial charge on any atom is -0.458 e. The van der Waals surface area contributed by atoms with E-state index in [4.69, 9.17) is 28.5 Å². The zero-order valence-electron chi connectivity index (χ0n) is 38.2. The van der Waals surface area contributed by atoms with Crippen molar-refractivity contribution < 1.29 is 48.0 Å². The number of esters is 1. The van der Waals surface area contributed by atoms with Gasteiger partial charge in [-0.3, -0.25) is 14.6 Å². The summed E-state index contributed by atoms with van der Waals surface area (Å²) in [6.45, 7) is 17.0. The first-order chi connectivity index (χ1) is 28.8.